The molecule has 2 saturated heterocycles. The van der Waals surface area contributed by atoms with Crippen LogP contribution >= 0.6 is 34.8 Å². The maximum Gasteiger partial charge on any atom is 0.239 e. The van der Waals surface area contributed by atoms with Crippen LogP contribution in [-0.2, 0) is 20.9 Å². The van der Waals surface area contributed by atoms with E-state index < -0.39 is 12.0 Å². The van der Waals surface area contributed by atoms with Crippen molar-refractivity contribution in [2.24, 2.45) is 5.92 Å². The zero-order chi connectivity index (χ0) is 28.6. The molecule has 7 nitrogen and oxygen atoms in total. The minimum atomic E-state index is -0.566. The maximum atomic E-state index is 13.5. The van der Waals surface area contributed by atoms with E-state index in [0.29, 0.717) is 34.6 Å². The van der Waals surface area contributed by atoms with Crippen molar-refractivity contribution in [3.05, 3.63) is 68.2 Å². The molecule has 2 aromatic carbocycles. The molecule has 0 saturated carbocycles. The molecule has 10 heteroatoms. The molecular formula is C30H37Cl3N4O3. The lowest BCUT2D eigenvalue weighted by atomic mass is 9.96. The number of halogens is 3. The van der Waals surface area contributed by atoms with E-state index in [4.69, 9.17) is 34.8 Å². The van der Waals surface area contributed by atoms with Crippen molar-refractivity contribution >= 4 is 52.5 Å². The van der Waals surface area contributed by atoms with Crippen LogP contribution in [0.2, 0.25) is 15.1 Å². The zero-order valence-electron chi connectivity index (χ0n) is 22.9. The van der Waals surface area contributed by atoms with E-state index in [1.807, 2.05) is 19.1 Å². The van der Waals surface area contributed by atoms with Crippen LogP contribution in [0.25, 0.3) is 0 Å². The average Bonchev–Trinajstić information content (AvgIpc) is 3.22. The van der Waals surface area contributed by atoms with Gasteiger partial charge in [-0.1, -0.05) is 59.4 Å². The molecule has 0 spiro atoms. The first-order chi connectivity index (χ1) is 19.2. The molecule has 2 fully saturated rings. The van der Waals surface area contributed by atoms with Gasteiger partial charge in [0.2, 0.25) is 17.7 Å². The molecule has 40 heavy (non-hydrogen) atoms. The summed E-state index contributed by atoms with van der Waals surface area (Å²) < 4.78 is 0. The SMILES string of the molecule is Cc1c(Cl)cccc1CNC(=O)C[C@H]1C[C@H](c2ccc(Cl)cc2Cl)N(CC(=O)NCCCN2CCCCC2)C1=O. The number of rotatable bonds is 11. The second-order valence-corrected chi connectivity index (χ2v) is 11.9. The molecule has 2 aliphatic rings. The van der Waals surface area contributed by atoms with Gasteiger partial charge in [0, 0.05) is 40.5 Å². The molecule has 2 heterocycles. The van der Waals surface area contributed by atoms with Crippen LogP contribution in [0.15, 0.2) is 36.4 Å². The lowest BCUT2D eigenvalue weighted by Crippen LogP contribution is -2.41. The lowest BCUT2D eigenvalue weighted by molar-refractivity contribution is -0.138. The van der Waals surface area contributed by atoms with Gasteiger partial charge < -0.3 is 20.4 Å². The lowest BCUT2D eigenvalue weighted by Gasteiger charge is -2.27. The number of carbonyl (C=O) groups is 3. The van der Waals surface area contributed by atoms with Crippen LogP contribution in [0.1, 0.15) is 61.3 Å². The van der Waals surface area contributed by atoms with Gasteiger partial charge in [-0.3, -0.25) is 14.4 Å². The van der Waals surface area contributed by atoms with Gasteiger partial charge in [-0.15, -0.1) is 0 Å². The highest BCUT2D eigenvalue weighted by molar-refractivity contribution is 6.35. The number of hydrogen-bond acceptors (Lipinski definition) is 4. The number of carbonyl (C=O) groups excluding carboxylic acids is 3. The molecule has 216 valence electrons. The van der Waals surface area contributed by atoms with E-state index in [2.05, 4.69) is 15.5 Å². The van der Waals surface area contributed by atoms with Crippen LogP contribution in [0.4, 0.5) is 0 Å². The van der Waals surface area contributed by atoms with Crippen molar-refractivity contribution in [1.82, 2.24) is 20.4 Å². The summed E-state index contributed by atoms with van der Waals surface area (Å²) in [6.07, 6.45) is 5.02. The van der Waals surface area contributed by atoms with E-state index in [1.165, 1.54) is 19.3 Å². The van der Waals surface area contributed by atoms with Gasteiger partial charge >= 0.3 is 0 Å². The Bertz CT molecular complexity index is 1220. The topological polar surface area (TPSA) is 81.8 Å². The standard InChI is InChI=1S/C30H37Cl3N4O3/c1-20-21(7-5-8-25(20)32)18-35-28(38)16-22-15-27(24-10-9-23(31)17-26(24)33)37(30(22)40)19-29(39)34-11-6-14-36-12-3-2-4-13-36/h5,7-10,17,22,27H,2-4,6,11-16,18-19H2,1H3,(H,34,39)(H,35,38)/t22-,27-/m1/s1. The van der Waals surface area contributed by atoms with Gasteiger partial charge in [-0.2, -0.15) is 0 Å². The monoisotopic (exact) mass is 606 g/mol. The van der Waals surface area contributed by atoms with Crippen molar-refractivity contribution in [3.8, 4) is 0 Å². The number of nitrogens with zero attached hydrogens (tertiary/aromatic N) is 2. The predicted octanol–water partition coefficient (Wildman–Crippen LogP) is 5.54. The first kappa shape index (κ1) is 30.6. The maximum absolute atomic E-state index is 13.5. The van der Waals surface area contributed by atoms with E-state index in [9.17, 15) is 14.4 Å². The average molecular weight is 608 g/mol. The Kier molecular flexibility index (Phi) is 11.1. The Labute approximate surface area is 251 Å². The quantitative estimate of drug-likeness (QED) is 0.329. The number of piperidine rings is 1. The Balaban J connectivity index is 1.37. The van der Waals surface area contributed by atoms with Gasteiger partial charge in [0.05, 0.1) is 6.04 Å². The van der Waals surface area contributed by atoms with Crippen LogP contribution < -0.4 is 10.6 Å². The minimum absolute atomic E-state index is 0.0219. The van der Waals surface area contributed by atoms with Gasteiger partial charge in [-0.25, -0.2) is 0 Å². The third kappa shape index (κ3) is 8.12. The normalized spacial score (nSPS) is 19.6. The Morgan fingerprint density at radius 2 is 1.75 bits per heavy atom. The molecule has 2 atom stereocenters. The van der Waals surface area contributed by atoms with E-state index in [0.717, 1.165) is 42.7 Å². The summed E-state index contributed by atoms with van der Waals surface area (Å²) >= 11 is 18.8. The first-order valence-corrected chi connectivity index (χ1v) is 15.1. The molecule has 0 unspecified atom stereocenters. The Morgan fingerprint density at radius 1 is 0.975 bits per heavy atom. The predicted molar refractivity (Wildman–Crippen MR) is 160 cm³/mol. The molecule has 0 aliphatic carbocycles. The van der Waals surface area contributed by atoms with Crippen LogP contribution in [-0.4, -0.2) is 60.2 Å². The summed E-state index contributed by atoms with van der Waals surface area (Å²) in [5.74, 6) is -1.25. The Morgan fingerprint density at radius 3 is 2.50 bits per heavy atom. The fourth-order valence-corrected chi connectivity index (χ4v) is 6.30. The molecule has 2 aromatic rings. The van der Waals surface area contributed by atoms with Crippen LogP contribution in [0.3, 0.4) is 0 Å². The molecular weight excluding hydrogens is 571 g/mol. The summed E-state index contributed by atoms with van der Waals surface area (Å²) in [6, 6.07) is 10.3. The summed E-state index contributed by atoms with van der Waals surface area (Å²) in [6.45, 7) is 5.88. The van der Waals surface area contributed by atoms with Gasteiger partial charge in [-0.05, 0) is 87.1 Å². The second kappa shape index (κ2) is 14.5. The zero-order valence-corrected chi connectivity index (χ0v) is 25.1. The molecule has 2 aliphatic heterocycles. The van der Waals surface area contributed by atoms with Gasteiger partial charge in [0.1, 0.15) is 6.54 Å². The van der Waals surface area contributed by atoms with Crippen LogP contribution in [0.5, 0.6) is 0 Å². The highest BCUT2D eigenvalue weighted by atomic mass is 35.5. The number of likely N-dealkylation sites (tertiary alicyclic amines) is 2. The van der Waals surface area contributed by atoms with Gasteiger partial charge in [0.15, 0.2) is 0 Å². The molecule has 3 amide bonds. The summed E-state index contributed by atoms with van der Waals surface area (Å²) in [5, 5.41) is 7.43. The number of nitrogens with one attached hydrogen (secondary N) is 2. The fraction of sp³-hybridized carbons (Fsp3) is 0.500. The molecule has 0 aromatic heterocycles. The molecule has 2 N–H and O–H groups in total. The highest BCUT2D eigenvalue weighted by Crippen LogP contribution is 2.41. The smallest absolute Gasteiger partial charge is 0.239 e. The van der Waals surface area contributed by atoms with Crippen molar-refractivity contribution in [2.45, 2.75) is 58.0 Å². The van der Waals surface area contributed by atoms with Crippen LogP contribution in [0, 0.1) is 12.8 Å². The second-order valence-electron chi connectivity index (χ2n) is 10.7. The Hall–Kier alpha value is -2.32. The molecule has 0 bridgehead atoms. The highest BCUT2D eigenvalue weighted by Gasteiger charge is 2.42. The van der Waals surface area contributed by atoms with Crippen molar-refractivity contribution in [2.75, 3.05) is 32.7 Å². The van der Waals surface area contributed by atoms with E-state index >= 15 is 0 Å². The van der Waals surface area contributed by atoms with Crippen molar-refractivity contribution in [3.63, 3.8) is 0 Å². The van der Waals surface area contributed by atoms with Crippen molar-refractivity contribution in [1.29, 1.82) is 0 Å². The third-order valence-corrected chi connectivity index (χ3v) is 8.83. The third-order valence-electron chi connectivity index (χ3n) is 7.86. The number of benzene rings is 2. The largest absolute Gasteiger partial charge is 0.355 e. The summed E-state index contributed by atoms with van der Waals surface area (Å²) in [4.78, 5) is 43.3. The van der Waals surface area contributed by atoms with E-state index in [-0.39, 0.29) is 30.7 Å². The van der Waals surface area contributed by atoms with Crippen molar-refractivity contribution < 1.29 is 14.4 Å². The first-order valence-electron chi connectivity index (χ1n) is 14.0. The number of hydrogen-bond donors (Lipinski definition) is 2. The summed E-state index contributed by atoms with van der Waals surface area (Å²) in [7, 11) is 0. The summed E-state index contributed by atoms with van der Waals surface area (Å²) in [5.41, 5.74) is 2.55. The fourth-order valence-electron chi connectivity index (χ4n) is 5.57. The molecule has 4 rings (SSSR count). The number of amides is 3. The minimum Gasteiger partial charge on any atom is -0.355 e. The molecule has 0 radical (unpaired) electrons. The van der Waals surface area contributed by atoms with Gasteiger partial charge in [0.25, 0.3) is 0 Å². The van der Waals surface area contributed by atoms with E-state index in [1.54, 1.807) is 29.2 Å².